The van der Waals surface area contributed by atoms with Gasteiger partial charge in [0.05, 0.1) is 4.92 Å². The number of nitrogens with zero attached hydrogens (tertiary/aromatic N) is 1. The van der Waals surface area contributed by atoms with Crippen molar-refractivity contribution < 1.29 is 4.92 Å². The minimum Gasteiger partial charge on any atom is -0.399 e. The van der Waals surface area contributed by atoms with E-state index in [1.807, 2.05) is 34.9 Å². The Balaban J connectivity index is 3.49. The van der Waals surface area contributed by atoms with Crippen LogP contribution in [0.5, 0.6) is 0 Å². The third kappa shape index (κ3) is 2.35. The fourth-order valence-electron chi connectivity index (χ4n) is 1.62. The Labute approximate surface area is 96.2 Å². The summed E-state index contributed by atoms with van der Waals surface area (Å²) < 4.78 is 0. The molecule has 0 saturated heterocycles. The first-order chi connectivity index (χ1) is 7.27. The van der Waals surface area contributed by atoms with Crippen LogP contribution < -0.4 is 11.2 Å². The predicted octanol–water partition coefficient (Wildman–Crippen LogP) is 1.85. The van der Waals surface area contributed by atoms with Crippen LogP contribution in [0.15, 0.2) is 12.1 Å². The van der Waals surface area contributed by atoms with Gasteiger partial charge in [-0.15, -0.1) is 0 Å². The van der Waals surface area contributed by atoms with Gasteiger partial charge in [0.15, 0.2) is 7.28 Å². The molecule has 0 spiro atoms. The molecule has 1 rings (SSSR count). The van der Waals surface area contributed by atoms with Crippen molar-refractivity contribution >= 4 is 24.1 Å². The number of benzene rings is 1. The summed E-state index contributed by atoms with van der Waals surface area (Å²) in [4.78, 5) is 10.6. The van der Waals surface area contributed by atoms with Crippen molar-refractivity contribution in [2.45, 2.75) is 33.0 Å². The predicted molar refractivity (Wildman–Crippen MR) is 67.5 cm³/mol. The van der Waals surface area contributed by atoms with Crippen LogP contribution in [0, 0.1) is 10.1 Å². The van der Waals surface area contributed by atoms with E-state index >= 15 is 0 Å². The minimum atomic E-state index is -0.379. The van der Waals surface area contributed by atoms with Gasteiger partial charge in [-0.1, -0.05) is 39.1 Å². The highest BCUT2D eigenvalue weighted by Crippen LogP contribution is 2.31. The molecule has 0 fully saturated rings. The van der Waals surface area contributed by atoms with Crippen molar-refractivity contribution in [3.63, 3.8) is 0 Å². The van der Waals surface area contributed by atoms with Crippen LogP contribution in [0.3, 0.4) is 0 Å². The van der Waals surface area contributed by atoms with Gasteiger partial charge in [0, 0.05) is 17.3 Å². The maximum atomic E-state index is 11.0. The second kappa shape index (κ2) is 4.16. The lowest BCUT2D eigenvalue weighted by atomic mass is 9.70. The minimum absolute atomic E-state index is 0.0931. The van der Waals surface area contributed by atoms with Crippen molar-refractivity contribution in [3.8, 4) is 0 Å². The molecular formula is C11H16BN2O2. The maximum Gasteiger partial charge on any atom is 0.275 e. The number of anilines is 1. The lowest BCUT2D eigenvalue weighted by molar-refractivity contribution is -0.385. The summed E-state index contributed by atoms with van der Waals surface area (Å²) in [6, 6.07) is 3.24. The summed E-state index contributed by atoms with van der Waals surface area (Å²) in [6.45, 7) is 7.71. The number of hydrogen-bond acceptors (Lipinski definition) is 3. The average Bonchev–Trinajstić information content (AvgIpc) is 2.15. The third-order valence-electron chi connectivity index (χ3n) is 2.52. The topological polar surface area (TPSA) is 69.2 Å². The Kier molecular flexibility index (Phi) is 3.26. The van der Waals surface area contributed by atoms with Crippen molar-refractivity contribution in [1.82, 2.24) is 0 Å². The van der Waals surface area contributed by atoms with Gasteiger partial charge in [0.25, 0.3) is 5.69 Å². The molecule has 1 radical (unpaired) electrons. The second-order valence-corrected chi connectivity index (χ2v) is 4.79. The number of rotatable bonds is 2. The zero-order chi connectivity index (χ0) is 12.5. The normalized spacial score (nSPS) is 11.2. The molecule has 0 saturated carbocycles. The van der Waals surface area contributed by atoms with Crippen LogP contribution >= 0.6 is 0 Å². The summed E-state index contributed by atoms with van der Waals surface area (Å²) in [5.74, 6) is 0. The van der Waals surface area contributed by atoms with Crippen molar-refractivity contribution in [1.29, 1.82) is 0 Å². The van der Waals surface area contributed by atoms with Crippen LogP contribution in [0.4, 0.5) is 11.4 Å². The standard InChI is InChI=1S/C11H16BN2O2/c1-11(2,3)7-5-8(12-4)9(13)6-10(7)14(15)16/h5-6H,13H2,1-4H3. The Hall–Kier alpha value is -1.52. The smallest absolute Gasteiger partial charge is 0.275 e. The van der Waals surface area contributed by atoms with E-state index in [0.29, 0.717) is 11.3 Å². The van der Waals surface area contributed by atoms with Gasteiger partial charge in [0.1, 0.15) is 0 Å². The van der Waals surface area contributed by atoms with Gasteiger partial charge < -0.3 is 5.73 Å². The fraction of sp³-hybridized carbons (Fsp3) is 0.455. The van der Waals surface area contributed by atoms with Gasteiger partial charge in [0.2, 0.25) is 0 Å². The molecule has 0 bridgehead atoms. The number of hydrogen-bond donors (Lipinski definition) is 1. The molecule has 5 heteroatoms. The largest absolute Gasteiger partial charge is 0.399 e. The summed E-state index contributed by atoms with van der Waals surface area (Å²) >= 11 is 0. The number of nitro benzene ring substituents is 1. The molecule has 16 heavy (non-hydrogen) atoms. The van der Waals surface area contributed by atoms with Crippen LogP contribution in [0.2, 0.25) is 6.82 Å². The molecule has 0 unspecified atom stereocenters. The molecule has 85 valence electrons. The van der Waals surface area contributed by atoms with Gasteiger partial charge in [-0.3, -0.25) is 10.1 Å². The number of nitrogens with two attached hydrogens (primary N) is 1. The van der Waals surface area contributed by atoms with Gasteiger partial charge in [-0.2, -0.15) is 0 Å². The van der Waals surface area contributed by atoms with E-state index in [1.54, 1.807) is 6.07 Å². The highest BCUT2D eigenvalue weighted by molar-refractivity contribution is 6.54. The molecule has 2 N–H and O–H groups in total. The highest BCUT2D eigenvalue weighted by atomic mass is 16.6. The summed E-state index contributed by atoms with van der Waals surface area (Å²) in [7, 11) is 1.86. The summed E-state index contributed by atoms with van der Waals surface area (Å²) in [5, 5.41) is 11.0. The van der Waals surface area contributed by atoms with Crippen LogP contribution in [0.25, 0.3) is 0 Å². The van der Waals surface area contributed by atoms with E-state index in [1.165, 1.54) is 6.07 Å². The van der Waals surface area contributed by atoms with Crippen molar-refractivity contribution in [2.75, 3.05) is 5.73 Å². The Morgan fingerprint density at radius 1 is 1.38 bits per heavy atom. The first-order valence-corrected chi connectivity index (χ1v) is 5.15. The molecule has 1 aromatic rings. The molecule has 0 atom stereocenters. The SMILES string of the molecule is C[B]c1cc(C(C)(C)C)c([N+](=O)[O-])cc1N. The lowest BCUT2D eigenvalue weighted by Crippen LogP contribution is -2.22. The molecule has 0 aliphatic carbocycles. The first-order valence-electron chi connectivity index (χ1n) is 5.15. The summed E-state index contributed by atoms with van der Waals surface area (Å²) in [5.41, 5.74) is 7.57. The van der Waals surface area contributed by atoms with E-state index in [0.717, 1.165) is 5.46 Å². The van der Waals surface area contributed by atoms with Crippen LogP contribution in [-0.2, 0) is 5.41 Å². The molecular weight excluding hydrogens is 203 g/mol. The number of nitrogen functional groups attached to an aromatic ring is 1. The highest BCUT2D eigenvalue weighted by Gasteiger charge is 2.25. The van der Waals surface area contributed by atoms with Crippen molar-refractivity contribution in [3.05, 3.63) is 27.8 Å². The zero-order valence-corrected chi connectivity index (χ0v) is 10.1. The Morgan fingerprint density at radius 3 is 2.31 bits per heavy atom. The Morgan fingerprint density at radius 2 is 1.94 bits per heavy atom. The molecule has 0 aromatic heterocycles. The van der Waals surface area contributed by atoms with Gasteiger partial charge in [-0.05, 0) is 5.41 Å². The molecule has 0 aliphatic rings. The van der Waals surface area contributed by atoms with Gasteiger partial charge >= 0.3 is 0 Å². The molecule has 0 aliphatic heterocycles. The van der Waals surface area contributed by atoms with E-state index in [2.05, 4.69) is 0 Å². The zero-order valence-electron chi connectivity index (χ0n) is 10.1. The lowest BCUT2D eigenvalue weighted by Gasteiger charge is -2.20. The summed E-state index contributed by atoms with van der Waals surface area (Å²) in [6.07, 6.45) is 0. The number of nitro groups is 1. The third-order valence-corrected chi connectivity index (χ3v) is 2.52. The van der Waals surface area contributed by atoms with Crippen LogP contribution in [0.1, 0.15) is 26.3 Å². The molecule has 1 aromatic carbocycles. The molecule has 0 heterocycles. The van der Waals surface area contributed by atoms with E-state index < -0.39 is 0 Å². The van der Waals surface area contributed by atoms with E-state index in [-0.39, 0.29) is 16.0 Å². The maximum absolute atomic E-state index is 11.0. The quantitative estimate of drug-likeness (QED) is 0.357. The van der Waals surface area contributed by atoms with Gasteiger partial charge in [-0.25, -0.2) is 0 Å². The monoisotopic (exact) mass is 219 g/mol. The molecule has 0 amide bonds. The van der Waals surface area contributed by atoms with E-state index in [9.17, 15) is 10.1 Å². The average molecular weight is 219 g/mol. The Bertz CT molecular complexity index is 425. The van der Waals surface area contributed by atoms with Crippen LogP contribution in [-0.4, -0.2) is 12.2 Å². The first kappa shape index (κ1) is 12.6. The second-order valence-electron chi connectivity index (χ2n) is 4.79. The molecule has 4 nitrogen and oxygen atoms in total. The van der Waals surface area contributed by atoms with E-state index in [4.69, 9.17) is 5.73 Å². The fourth-order valence-corrected chi connectivity index (χ4v) is 1.62. The van der Waals surface area contributed by atoms with Crippen molar-refractivity contribution in [2.24, 2.45) is 0 Å².